The fourth-order valence-electron chi connectivity index (χ4n) is 1.62. The minimum Gasteiger partial charge on any atom is -0.330 e. The molecule has 0 aromatic carbocycles. The van der Waals surface area contributed by atoms with Gasteiger partial charge in [-0.3, -0.25) is 4.90 Å². The molecule has 1 saturated heterocycles. The highest BCUT2D eigenvalue weighted by molar-refractivity contribution is 4.88. The van der Waals surface area contributed by atoms with Gasteiger partial charge in [0.15, 0.2) is 0 Å². The van der Waals surface area contributed by atoms with Crippen LogP contribution in [0.3, 0.4) is 0 Å². The number of nitrogens with zero attached hydrogens (tertiary/aromatic N) is 1. The third kappa shape index (κ3) is 2.80. The molecule has 0 spiro atoms. The summed E-state index contributed by atoms with van der Waals surface area (Å²) in [6.07, 6.45) is 5.18. The van der Waals surface area contributed by atoms with Crippen molar-refractivity contribution in [2.45, 2.75) is 32.6 Å². The van der Waals surface area contributed by atoms with Crippen molar-refractivity contribution in [3.05, 3.63) is 6.04 Å². The second-order valence-electron chi connectivity index (χ2n) is 3.32. The highest BCUT2D eigenvalue weighted by Crippen LogP contribution is 2.21. The Morgan fingerprint density at radius 2 is 2.27 bits per heavy atom. The Kier molecular flexibility index (Phi) is 3.87. The minimum absolute atomic E-state index is 0.823. The van der Waals surface area contributed by atoms with Crippen LogP contribution in [-0.2, 0) is 0 Å². The lowest BCUT2D eigenvalue weighted by molar-refractivity contribution is 0.234. The molecule has 0 aromatic rings. The zero-order valence-corrected chi connectivity index (χ0v) is 7.47. The number of hydrogen-bond acceptors (Lipinski definition) is 2. The van der Waals surface area contributed by atoms with Crippen LogP contribution in [0, 0.1) is 6.04 Å². The molecular formula is C9H19N2. The molecule has 0 aromatic heterocycles. The standard InChI is InChI=1S/C9H19N2/c1-9-5-2-3-7-11(9)8-4-6-10/h2-8,10H2,1H3. The van der Waals surface area contributed by atoms with Gasteiger partial charge in [0.25, 0.3) is 0 Å². The van der Waals surface area contributed by atoms with Gasteiger partial charge in [-0.1, -0.05) is 6.42 Å². The zero-order valence-electron chi connectivity index (χ0n) is 7.47. The lowest BCUT2D eigenvalue weighted by Gasteiger charge is -2.32. The van der Waals surface area contributed by atoms with Crippen molar-refractivity contribution in [1.82, 2.24) is 4.90 Å². The van der Waals surface area contributed by atoms with E-state index in [0.717, 1.165) is 13.0 Å². The first-order valence-corrected chi connectivity index (χ1v) is 4.62. The van der Waals surface area contributed by atoms with Crippen LogP contribution in [0.1, 0.15) is 32.6 Å². The van der Waals surface area contributed by atoms with Crippen LogP contribution in [0.4, 0.5) is 0 Å². The second kappa shape index (κ2) is 4.73. The summed E-state index contributed by atoms with van der Waals surface area (Å²) in [5, 5.41) is 0. The quantitative estimate of drug-likeness (QED) is 0.667. The van der Waals surface area contributed by atoms with Gasteiger partial charge in [-0.2, -0.15) is 0 Å². The topological polar surface area (TPSA) is 29.3 Å². The van der Waals surface area contributed by atoms with Crippen molar-refractivity contribution in [3.63, 3.8) is 0 Å². The van der Waals surface area contributed by atoms with Crippen LogP contribution in [-0.4, -0.2) is 24.5 Å². The lowest BCUT2D eigenvalue weighted by Crippen LogP contribution is -2.33. The van der Waals surface area contributed by atoms with E-state index < -0.39 is 0 Å². The molecule has 2 nitrogen and oxygen atoms in total. The Morgan fingerprint density at radius 3 is 2.91 bits per heavy atom. The van der Waals surface area contributed by atoms with E-state index in [9.17, 15) is 0 Å². The monoisotopic (exact) mass is 155 g/mol. The summed E-state index contributed by atoms with van der Waals surface area (Å²) in [5.41, 5.74) is 5.46. The lowest BCUT2D eigenvalue weighted by atomic mass is 10.0. The van der Waals surface area contributed by atoms with E-state index in [1.165, 1.54) is 32.4 Å². The molecule has 1 radical (unpaired) electrons. The molecule has 1 aliphatic rings. The van der Waals surface area contributed by atoms with Gasteiger partial charge in [-0.25, -0.2) is 0 Å². The van der Waals surface area contributed by atoms with Crippen molar-refractivity contribution < 1.29 is 0 Å². The summed E-state index contributed by atoms with van der Waals surface area (Å²) in [7, 11) is 0. The summed E-state index contributed by atoms with van der Waals surface area (Å²) in [5.74, 6) is 0. The van der Waals surface area contributed by atoms with Gasteiger partial charge in [-0.05, 0) is 45.8 Å². The van der Waals surface area contributed by atoms with Gasteiger partial charge in [-0.15, -0.1) is 0 Å². The van der Waals surface area contributed by atoms with Gasteiger partial charge in [0.1, 0.15) is 0 Å². The Bertz CT molecular complexity index is 104. The maximum atomic E-state index is 5.46. The fourth-order valence-corrected chi connectivity index (χ4v) is 1.62. The number of hydrogen-bond donors (Lipinski definition) is 1. The molecule has 2 heteroatoms. The molecule has 11 heavy (non-hydrogen) atoms. The van der Waals surface area contributed by atoms with Crippen LogP contribution >= 0.6 is 0 Å². The third-order valence-corrected chi connectivity index (χ3v) is 2.39. The first-order valence-electron chi connectivity index (χ1n) is 4.62. The van der Waals surface area contributed by atoms with Crippen molar-refractivity contribution in [2.24, 2.45) is 5.73 Å². The van der Waals surface area contributed by atoms with Crippen molar-refractivity contribution in [2.75, 3.05) is 19.6 Å². The van der Waals surface area contributed by atoms with E-state index in [-0.39, 0.29) is 0 Å². The Balaban J connectivity index is 2.18. The molecule has 1 aliphatic heterocycles. The molecule has 1 heterocycles. The maximum Gasteiger partial charge on any atom is 0.0362 e. The van der Waals surface area contributed by atoms with E-state index >= 15 is 0 Å². The SMILES string of the molecule is C[C]1CCCCN1CCCN. The van der Waals surface area contributed by atoms with Crippen LogP contribution < -0.4 is 5.73 Å². The smallest absolute Gasteiger partial charge is 0.0362 e. The summed E-state index contributed by atoms with van der Waals surface area (Å²) in [6, 6.07) is 1.56. The molecule has 2 N–H and O–H groups in total. The molecular weight excluding hydrogens is 136 g/mol. The predicted octanol–water partition coefficient (Wildman–Crippen LogP) is 1.37. The molecule has 1 rings (SSSR count). The Morgan fingerprint density at radius 1 is 1.45 bits per heavy atom. The van der Waals surface area contributed by atoms with Gasteiger partial charge < -0.3 is 5.73 Å². The van der Waals surface area contributed by atoms with E-state index in [2.05, 4.69) is 11.8 Å². The highest BCUT2D eigenvalue weighted by atomic mass is 15.2. The first-order chi connectivity index (χ1) is 5.34. The van der Waals surface area contributed by atoms with Crippen LogP contribution in [0.15, 0.2) is 0 Å². The largest absolute Gasteiger partial charge is 0.330 e. The second-order valence-corrected chi connectivity index (χ2v) is 3.32. The van der Waals surface area contributed by atoms with E-state index in [0.29, 0.717) is 0 Å². The van der Waals surface area contributed by atoms with Gasteiger partial charge in [0.2, 0.25) is 0 Å². The van der Waals surface area contributed by atoms with Gasteiger partial charge >= 0.3 is 0 Å². The molecule has 0 bridgehead atoms. The molecule has 0 unspecified atom stereocenters. The zero-order chi connectivity index (χ0) is 8.10. The number of likely N-dealkylation sites (tertiary alicyclic amines) is 1. The summed E-state index contributed by atoms with van der Waals surface area (Å²) >= 11 is 0. The predicted molar refractivity (Wildman–Crippen MR) is 48.0 cm³/mol. The van der Waals surface area contributed by atoms with Gasteiger partial charge in [0, 0.05) is 6.04 Å². The average Bonchev–Trinajstić information content (AvgIpc) is 2.03. The van der Waals surface area contributed by atoms with Crippen molar-refractivity contribution in [3.8, 4) is 0 Å². The fraction of sp³-hybridized carbons (Fsp3) is 0.889. The first kappa shape index (κ1) is 9.01. The molecule has 0 aliphatic carbocycles. The van der Waals surface area contributed by atoms with Crippen molar-refractivity contribution in [1.29, 1.82) is 0 Å². The summed E-state index contributed by atoms with van der Waals surface area (Å²) in [4.78, 5) is 2.48. The van der Waals surface area contributed by atoms with Crippen molar-refractivity contribution >= 4 is 0 Å². The number of rotatable bonds is 3. The number of nitrogens with two attached hydrogens (primary N) is 1. The van der Waals surface area contributed by atoms with Crippen LogP contribution in [0.2, 0.25) is 0 Å². The maximum absolute atomic E-state index is 5.46. The molecule has 0 atom stereocenters. The van der Waals surface area contributed by atoms with E-state index in [4.69, 9.17) is 5.73 Å². The average molecular weight is 155 g/mol. The Hall–Kier alpha value is -0.0800. The van der Waals surface area contributed by atoms with E-state index in [1.54, 1.807) is 6.04 Å². The molecule has 1 fully saturated rings. The van der Waals surface area contributed by atoms with Gasteiger partial charge in [0.05, 0.1) is 0 Å². The summed E-state index contributed by atoms with van der Waals surface area (Å²) in [6.45, 7) is 5.49. The third-order valence-electron chi connectivity index (χ3n) is 2.39. The minimum atomic E-state index is 0.823. The van der Waals surface area contributed by atoms with E-state index in [1.807, 2.05) is 0 Å². The normalized spacial score (nSPS) is 22.4. The number of piperidine rings is 1. The Labute approximate surface area is 69.8 Å². The van der Waals surface area contributed by atoms with Crippen LogP contribution in [0.5, 0.6) is 0 Å². The molecule has 65 valence electrons. The molecule has 0 amide bonds. The summed E-state index contributed by atoms with van der Waals surface area (Å²) < 4.78 is 0. The highest BCUT2D eigenvalue weighted by Gasteiger charge is 2.17. The molecule has 0 saturated carbocycles. The van der Waals surface area contributed by atoms with Crippen LogP contribution in [0.25, 0.3) is 0 Å².